The van der Waals surface area contributed by atoms with Crippen molar-refractivity contribution in [1.82, 2.24) is 5.32 Å². The topological polar surface area (TPSA) is 75.3 Å². The Morgan fingerprint density at radius 3 is 1.80 bits per heavy atom. The van der Waals surface area contributed by atoms with E-state index in [0.29, 0.717) is 0 Å². The Bertz CT molecular complexity index is 1250. The zero-order valence-electron chi connectivity index (χ0n) is 24.3. The minimum atomic E-state index is -1.82. The Morgan fingerprint density at radius 2 is 1.34 bits per heavy atom. The smallest absolute Gasteiger partial charge is 0.226 e. The lowest BCUT2D eigenvalue weighted by molar-refractivity contribution is -0.233. The molecule has 41 heavy (non-hydrogen) atoms. The lowest BCUT2D eigenvalue weighted by atomic mass is 9.80. The van der Waals surface area contributed by atoms with Crippen LogP contribution < -0.4 is 5.32 Å². The second-order valence-corrected chi connectivity index (χ2v) is 18.0. The van der Waals surface area contributed by atoms with Crippen LogP contribution in [0.1, 0.15) is 30.5 Å². The highest BCUT2D eigenvalue weighted by molar-refractivity contribution is 6.81. The molecule has 216 valence electrons. The summed E-state index contributed by atoms with van der Waals surface area (Å²) < 4.78 is 32.6. The zero-order chi connectivity index (χ0) is 28.8. The SMILES string of the molecule is CC1(C)O[C@H]2O[C@H](COC(c3ccccc3)(c3ccccc3)c3ccccc3)[C@H](O[C@H]3NC(=O)[C@H]3[Si](C)(C)C)[C@H]2O1. The van der Waals surface area contributed by atoms with E-state index in [2.05, 4.69) is 61.4 Å². The van der Waals surface area contributed by atoms with E-state index in [1.807, 2.05) is 68.4 Å². The maximum absolute atomic E-state index is 12.5. The first-order valence-corrected chi connectivity index (χ1v) is 17.9. The van der Waals surface area contributed by atoms with E-state index in [0.717, 1.165) is 16.7 Å². The third kappa shape index (κ3) is 5.29. The molecule has 0 saturated carbocycles. The van der Waals surface area contributed by atoms with Crippen molar-refractivity contribution in [2.75, 3.05) is 6.61 Å². The third-order valence-corrected chi connectivity index (χ3v) is 10.6. The molecule has 3 heterocycles. The molecule has 6 rings (SSSR count). The predicted molar refractivity (Wildman–Crippen MR) is 158 cm³/mol. The molecule has 0 aliphatic carbocycles. The number of rotatable bonds is 9. The van der Waals surface area contributed by atoms with Gasteiger partial charge in [-0.1, -0.05) is 111 Å². The van der Waals surface area contributed by atoms with Gasteiger partial charge in [-0.05, 0) is 30.5 Å². The summed E-state index contributed by atoms with van der Waals surface area (Å²) in [4.78, 5) is 12.5. The Balaban J connectivity index is 1.35. The van der Waals surface area contributed by atoms with Gasteiger partial charge in [0.05, 0.1) is 20.2 Å². The van der Waals surface area contributed by atoms with Crippen molar-refractivity contribution in [3.8, 4) is 0 Å². The molecule has 1 amide bonds. The van der Waals surface area contributed by atoms with Gasteiger partial charge in [-0.15, -0.1) is 0 Å². The summed E-state index contributed by atoms with van der Waals surface area (Å²) in [5, 5.41) is 2.98. The van der Waals surface area contributed by atoms with Crippen LogP contribution in [0.3, 0.4) is 0 Å². The molecule has 3 aliphatic rings. The summed E-state index contributed by atoms with van der Waals surface area (Å²) in [6.07, 6.45) is -2.41. The summed E-state index contributed by atoms with van der Waals surface area (Å²) in [5.74, 6) is -0.747. The van der Waals surface area contributed by atoms with E-state index in [1.54, 1.807) is 0 Å². The lowest BCUT2D eigenvalue weighted by Gasteiger charge is -2.45. The maximum atomic E-state index is 12.5. The van der Waals surface area contributed by atoms with Gasteiger partial charge in [-0.25, -0.2) is 0 Å². The van der Waals surface area contributed by atoms with Gasteiger partial charge in [0, 0.05) is 0 Å². The minimum absolute atomic E-state index is 0.0533. The summed E-state index contributed by atoms with van der Waals surface area (Å²) in [5.41, 5.74) is 1.97. The summed E-state index contributed by atoms with van der Waals surface area (Å²) >= 11 is 0. The molecular formula is C33H39NO6Si. The van der Waals surface area contributed by atoms with Crippen LogP contribution in [0, 0.1) is 0 Å². The zero-order valence-corrected chi connectivity index (χ0v) is 25.3. The fourth-order valence-corrected chi connectivity index (χ4v) is 8.25. The fraction of sp³-hybridized carbons (Fsp3) is 0.424. The summed E-state index contributed by atoms with van der Waals surface area (Å²) in [6, 6.07) is 30.8. The van der Waals surface area contributed by atoms with E-state index in [4.69, 9.17) is 23.7 Å². The number of fused-ring (bicyclic) bond motifs is 1. The van der Waals surface area contributed by atoms with E-state index in [1.165, 1.54) is 0 Å². The number of carbonyl (C=O) groups is 1. The number of amides is 1. The van der Waals surface area contributed by atoms with E-state index < -0.39 is 50.3 Å². The predicted octanol–water partition coefficient (Wildman–Crippen LogP) is 5.42. The molecule has 7 nitrogen and oxygen atoms in total. The highest BCUT2D eigenvalue weighted by Crippen LogP contribution is 2.45. The molecule has 3 aromatic carbocycles. The monoisotopic (exact) mass is 573 g/mol. The standard InChI is InChI=1S/C33H39NO6Si/c1-32(2)39-27-26(38-30-28(29(35)34-30)41(3,4)5)25(37-31(27)40-32)21-36-33(22-15-9-6-10-16-22,23-17-11-7-12-18-23)24-19-13-8-14-20-24/h6-20,25-28,30-31H,21H2,1-5H3,(H,34,35)/t25-,26+,27-,28-,30-,31-/m1/s1. The second-order valence-electron chi connectivity index (χ2n) is 12.6. The second kappa shape index (κ2) is 10.8. The van der Waals surface area contributed by atoms with Gasteiger partial charge in [0.15, 0.2) is 12.1 Å². The largest absolute Gasteiger partial charge is 0.358 e. The van der Waals surface area contributed by atoms with Gasteiger partial charge >= 0.3 is 0 Å². The normalized spacial score (nSPS) is 29.0. The molecule has 3 aromatic rings. The third-order valence-electron chi connectivity index (χ3n) is 8.20. The van der Waals surface area contributed by atoms with Crippen LogP contribution in [0.2, 0.25) is 25.2 Å². The number of hydrogen-bond acceptors (Lipinski definition) is 6. The van der Waals surface area contributed by atoms with E-state index in [-0.39, 0.29) is 18.1 Å². The van der Waals surface area contributed by atoms with Crippen LogP contribution in [-0.2, 0) is 34.1 Å². The van der Waals surface area contributed by atoms with E-state index >= 15 is 0 Å². The van der Waals surface area contributed by atoms with Crippen LogP contribution >= 0.6 is 0 Å². The summed E-state index contributed by atoms with van der Waals surface area (Å²) in [6.45, 7) is 10.5. The Kier molecular flexibility index (Phi) is 7.42. The van der Waals surface area contributed by atoms with Crippen LogP contribution in [0.15, 0.2) is 91.0 Å². The fourth-order valence-electron chi connectivity index (χ4n) is 6.31. The number of nitrogens with one attached hydrogen (secondary N) is 1. The first kappa shape index (κ1) is 28.3. The number of β-lactam (4-membered cyclic amide) rings is 1. The van der Waals surface area contributed by atoms with Crippen molar-refractivity contribution in [2.45, 2.75) is 81.2 Å². The number of hydrogen-bond donors (Lipinski definition) is 1. The highest BCUT2D eigenvalue weighted by Gasteiger charge is 2.59. The molecule has 3 fully saturated rings. The van der Waals surface area contributed by atoms with Crippen molar-refractivity contribution >= 4 is 14.0 Å². The van der Waals surface area contributed by atoms with Gasteiger partial charge in [0.2, 0.25) is 5.91 Å². The quantitative estimate of drug-likeness (QED) is 0.209. The molecule has 6 atom stereocenters. The molecular weight excluding hydrogens is 534 g/mol. The Morgan fingerprint density at radius 1 is 0.829 bits per heavy atom. The van der Waals surface area contributed by atoms with Gasteiger partial charge in [-0.2, -0.15) is 0 Å². The molecule has 0 bridgehead atoms. The molecule has 0 radical (unpaired) electrons. The van der Waals surface area contributed by atoms with Crippen LogP contribution in [-0.4, -0.2) is 57.2 Å². The van der Waals surface area contributed by atoms with Gasteiger partial charge in [0.1, 0.15) is 30.1 Å². The summed E-state index contributed by atoms with van der Waals surface area (Å²) in [7, 11) is -1.82. The van der Waals surface area contributed by atoms with Gasteiger partial charge in [-0.3, -0.25) is 4.79 Å². The van der Waals surface area contributed by atoms with E-state index in [9.17, 15) is 4.79 Å². The molecule has 0 unspecified atom stereocenters. The first-order chi connectivity index (χ1) is 19.6. The molecule has 3 aliphatic heterocycles. The van der Waals surface area contributed by atoms with Crippen LogP contribution in [0.5, 0.6) is 0 Å². The highest BCUT2D eigenvalue weighted by atomic mass is 28.3. The van der Waals surface area contributed by atoms with Crippen LogP contribution in [0.25, 0.3) is 0 Å². The number of carbonyl (C=O) groups excluding carboxylic acids is 1. The van der Waals surface area contributed by atoms with Crippen LogP contribution in [0.4, 0.5) is 0 Å². The number of benzene rings is 3. The first-order valence-electron chi connectivity index (χ1n) is 14.4. The lowest BCUT2D eigenvalue weighted by Crippen LogP contribution is -2.65. The Labute approximate surface area is 243 Å². The van der Waals surface area contributed by atoms with Crippen molar-refractivity contribution in [2.24, 2.45) is 0 Å². The average molecular weight is 574 g/mol. The maximum Gasteiger partial charge on any atom is 0.226 e. The molecule has 1 N–H and O–H groups in total. The van der Waals surface area contributed by atoms with Gasteiger partial charge in [0.25, 0.3) is 0 Å². The minimum Gasteiger partial charge on any atom is -0.358 e. The van der Waals surface area contributed by atoms with Crippen molar-refractivity contribution < 1.29 is 28.5 Å². The van der Waals surface area contributed by atoms with Crippen molar-refractivity contribution in [3.05, 3.63) is 108 Å². The molecule has 0 spiro atoms. The van der Waals surface area contributed by atoms with Crippen molar-refractivity contribution in [1.29, 1.82) is 0 Å². The molecule has 3 saturated heterocycles. The number of ether oxygens (including phenoxy) is 5. The molecule has 0 aromatic heterocycles. The van der Waals surface area contributed by atoms with Crippen molar-refractivity contribution in [3.63, 3.8) is 0 Å². The Hall–Kier alpha value is -2.85. The average Bonchev–Trinajstić information content (AvgIpc) is 3.40. The van der Waals surface area contributed by atoms with Gasteiger partial charge < -0.3 is 29.0 Å². The molecule has 8 heteroatoms.